The average Bonchev–Trinajstić information content (AvgIpc) is 2.64. The summed E-state index contributed by atoms with van der Waals surface area (Å²) in [7, 11) is -3.73. The second kappa shape index (κ2) is 9.80. The van der Waals surface area contributed by atoms with Gasteiger partial charge < -0.3 is 14.3 Å². The zero-order chi connectivity index (χ0) is 19.9. The maximum Gasteiger partial charge on any atom is 0.176 e. The Labute approximate surface area is 166 Å². The van der Waals surface area contributed by atoms with Gasteiger partial charge in [0.25, 0.3) is 0 Å². The molecule has 0 spiro atoms. The van der Waals surface area contributed by atoms with Crippen molar-refractivity contribution in [2.24, 2.45) is 0 Å². The second-order valence-electron chi connectivity index (χ2n) is 8.59. The molecule has 0 amide bonds. The highest BCUT2D eigenvalue weighted by Crippen LogP contribution is 2.32. The summed E-state index contributed by atoms with van der Waals surface area (Å²) in [5.74, 6) is 0. The van der Waals surface area contributed by atoms with Crippen molar-refractivity contribution in [1.82, 2.24) is 0 Å². The first kappa shape index (κ1) is 22.0. The lowest BCUT2D eigenvalue weighted by atomic mass is 10.1. The van der Waals surface area contributed by atoms with Gasteiger partial charge in [-0.05, 0) is 62.2 Å². The van der Waals surface area contributed by atoms with E-state index in [1.54, 1.807) is 0 Å². The summed E-state index contributed by atoms with van der Waals surface area (Å²) in [5.41, 5.74) is 1.93. The molecule has 2 aromatic rings. The Balaban J connectivity index is 2.00. The fourth-order valence-electron chi connectivity index (χ4n) is 3.53. The number of hydrogen-bond acceptors (Lipinski definition) is 3. The lowest BCUT2D eigenvalue weighted by Gasteiger charge is -2.36. The number of benzene rings is 2. The van der Waals surface area contributed by atoms with Crippen molar-refractivity contribution < 1.29 is 14.3 Å². The van der Waals surface area contributed by atoms with E-state index in [0.717, 1.165) is 23.2 Å². The number of aliphatic hydroxyl groups excluding tert-OH is 2. The minimum atomic E-state index is -2.03. The molecule has 2 rings (SSSR count). The lowest BCUT2D eigenvalue weighted by molar-refractivity contribution is 0.168. The molecular formula is C22H34O3Si2. The van der Waals surface area contributed by atoms with Crippen molar-refractivity contribution in [2.75, 3.05) is 0 Å². The van der Waals surface area contributed by atoms with Gasteiger partial charge in [-0.2, -0.15) is 0 Å². The third-order valence-corrected chi connectivity index (χ3v) is 11.9. The van der Waals surface area contributed by atoms with Crippen LogP contribution in [0.1, 0.15) is 36.2 Å². The molecule has 2 unspecified atom stereocenters. The number of aliphatic hydroxyl groups is 2. The number of hydrogen-bond donors (Lipinski definition) is 2. The molecule has 0 aliphatic rings. The standard InChI is InChI=1S/C22H34O3Si2/c1-26(2,3)25-27(4,17-15-21(23)19-11-7-5-8-12-19)18-16-22(24)20-13-9-6-10-14-20/h5-14,21-24H,15-18H2,1-4H3. The summed E-state index contributed by atoms with van der Waals surface area (Å²) >= 11 is 0. The molecule has 3 nitrogen and oxygen atoms in total. The van der Waals surface area contributed by atoms with Crippen molar-refractivity contribution in [3.8, 4) is 0 Å². The van der Waals surface area contributed by atoms with E-state index in [-0.39, 0.29) is 0 Å². The molecule has 0 saturated heterocycles. The fourth-order valence-corrected chi connectivity index (χ4v) is 12.3. The molecule has 0 fully saturated rings. The van der Waals surface area contributed by atoms with Gasteiger partial charge in [-0.25, -0.2) is 0 Å². The third-order valence-electron chi connectivity index (χ3n) is 4.81. The highest BCUT2D eigenvalue weighted by atomic mass is 28.4. The minimum Gasteiger partial charge on any atom is -0.456 e. The molecular weight excluding hydrogens is 368 g/mol. The SMILES string of the molecule is C[Si](C)(C)O[Si](C)(CCC(O)c1ccccc1)CCC(O)c1ccccc1. The summed E-state index contributed by atoms with van der Waals surface area (Å²) in [4.78, 5) is 0. The third kappa shape index (κ3) is 7.72. The molecule has 0 radical (unpaired) electrons. The van der Waals surface area contributed by atoms with E-state index in [1.165, 1.54) is 0 Å². The van der Waals surface area contributed by atoms with Crippen LogP contribution in [0.3, 0.4) is 0 Å². The summed E-state index contributed by atoms with van der Waals surface area (Å²) in [6, 6.07) is 21.5. The fraction of sp³-hybridized carbons (Fsp3) is 0.455. The van der Waals surface area contributed by atoms with Crippen molar-refractivity contribution >= 4 is 16.6 Å². The van der Waals surface area contributed by atoms with Crippen LogP contribution in [0.4, 0.5) is 0 Å². The zero-order valence-corrected chi connectivity index (χ0v) is 19.1. The van der Waals surface area contributed by atoms with E-state index in [4.69, 9.17) is 4.12 Å². The van der Waals surface area contributed by atoms with Crippen LogP contribution in [0.25, 0.3) is 0 Å². The van der Waals surface area contributed by atoms with Crippen LogP contribution in [0.15, 0.2) is 60.7 Å². The van der Waals surface area contributed by atoms with Gasteiger partial charge >= 0.3 is 0 Å². The first-order valence-corrected chi connectivity index (χ1v) is 16.1. The molecule has 2 N–H and O–H groups in total. The quantitative estimate of drug-likeness (QED) is 0.504. The molecule has 0 heterocycles. The van der Waals surface area contributed by atoms with Gasteiger partial charge in [0.2, 0.25) is 0 Å². The van der Waals surface area contributed by atoms with Crippen molar-refractivity contribution in [1.29, 1.82) is 0 Å². The molecule has 5 heteroatoms. The lowest BCUT2D eigenvalue weighted by Crippen LogP contribution is -2.45. The summed E-state index contributed by atoms with van der Waals surface area (Å²) in [6.07, 6.45) is 0.502. The predicted octanol–water partition coefficient (Wildman–Crippen LogP) is 5.66. The summed E-state index contributed by atoms with van der Waals surface area (Å²) in [5, 5.41) is 21.1. The monoisotopic (exact) mass is 402 g/mol. The van der Waals surface area contributed by atoms with E-state index >= 15 is 0 Å². The minimum absolute atomic E-state index is 0.456. The van der Waals surface area contributed by atoms with Gasteiger partial charge in [-0.15, -0.1) is 0 Å². The summed E-state index contributed by atoms with van der Waals surface area (Å²) in [6.45, 7) is 8.93. The highest BCUT2D eigenvalue weighted by Gasteiger charge is 2.35. The van der Waals surface area contributed by atoms with Crippen molar-refractivity contribution in [3.63, 3.8) is 0 Å². The van der Waals surface area contributed by atoms with E-state index in [0.29, 0.717) is 12.8 Å². The Bertz CT molecular complexity index is 621. The Morgan fingerprint density at radius 2 is 1.07 bits per heavy atom. The van der Waals surface area contributed by atoms with Crippen LogP contribution < -0.4 is 0 Å². The zero-order valence-electron chi connectivity index (χ0n) is 17.1. The van der Waals surface area contributed by atoms with Crippen LogP contribution in [-0.2, 0) is 4.12 Å². The predicted molar refractivity (Wildman–Crippen MR) is 118 cm³/mol. The molecule has 148 valence electrons. The van der Waals surface area contributed by atoms with Gasteiger partial charge in [-0.1, -0.05) is 60.7 Å². The van der Waals surface area contributed by atoms with Crippen molar-refractivity contribution in [3.05, 3.63) is 71.8 Å². The van der Waals surface area contributed by atoms with Gasteiger partial charge in [0.05, 0.1) is 12.2 Å². The smallest absolute Gasteiger partial charge is 0.176 e. The van der Waals surface area contributed by atoms with Crippen LogP contribution in [-0.4, -0.2) is 26.8 Å². The second-order valence-corrected chi connectivity index (χ2v) is 17.5. The summed E-state index contributed by atoms with van der Waals surface area (Å²) < 4.78 is 6.65. The van der Waals surface area contributed by atoms with Crippen molar-refractivity contribution in [2.45, 2.75) is 63.3 Å². The molecule has 0 aliphatic carbocycles. The molecule has 0 bridgehead atoms. The highest BCUT2D eigenvalue weighted by molar-refractivity contribution is 6.84. The van der Waals surface area contributed by atoms with Crippen LogP contribution in [0, 0.1) is 0 Å². The van der Waals surface area contributed by atoms with Crippen LogP contribution in [0.5, 0.6) is 0 Å². The van der Waals surface area contributed by atoms with Crippen LogP contribution in [0.2, 0.25) is 38.3 Å². The molecule has 27 heavy (non-hydrogen) atoms. The Kier molecular flexibility index (Phi) is 8.00. The van der Waals surface area contributed by atoms with Gasteiger partial charge in [0.15, 0.2) is 16.6 Å². The molecule has 0 aromatic heterocycles. The van der Waals surface area contributed by atoms with Gasteiger partial charge in [0, 0.05) is 0 Å². The van der Waals surface area contributed by atoms with Gasteiger partial charge in [0.1, 0.15) is 0 Å². The van der Waals surface area contributed by atoms with E-state index < -0.39 is 28.8 Å². The van der Waals surface area contributed by atoms with E-state index in [1.807, 2.05) is 60.7 Å². The first-order valence-electron chi connectivity index (χ1n) is 9.85. The van der Waals surface area contributed by atoms with E-state index in [9.17, 15) is 10.2 Å². The normalized spacial score (nSPS) is 16.5. The Morgan fingerprint density at radius 3 is 1.41 bits per heavy atom. The molecule has 2 atom stereocenters. The average molecular weight is 403 g/mol. The molecule has 2 aromatic carbocycles. The molecule has 0 aliphatic heterocycles. The Hall–Kier alpha value is -1.25. The van der Waals surface area contributed by atoms with E-state index in [2.05, 4.69) is 26.2 Å². The van der Waals surface area contributed by atoms with Gasteiger partial charge in [-0.3, -0.25) is 0 Å². The topological polar surface area (TPSA) is 49.7 Å². The first-order chi connectivity index (χ1) is 12.7. The van der Waals surface area contributed by atoms with Crippen LogP contribution >= 0.6 is 0 Å². The maximum absolute atomic E-state index is 10.6. The maximum atomic E-state index is 10.6. The number of rotatable bonds is 10. The Morgan fingerprint density at radius 1 is 0.704 bits per heavy atom. The largest absolute Gasteiger partial charge is 0.456 e. The molecule has 0 saturated carbocycles.